The number of piperidine rings is 1. The number of benzene rings is 2. The first-order valence-electron chi connectivity index (χ1n) is 8.89. The molecule has 5 nitrogen and oxygen atoms in total. The van der Waals surface area contributed by atoms with Crippen LogP contribution in [0.3, 0.4) is 0 Å². The third-order valence-electron chi connectivity index (χ3n) is 4.86. The summed E-state index contributed by atoms with van der Waals surface area (Å²) in [5, 5.41) is 16.0. The minimum atomic E-state index is -0.152. The number of para-hydroxylation sites is 1. The van der Waals surface area contributed by atoms with Gasteiger partial charge in [0.05, 0.1) is 10.6 Å². The van der Waals surface area contributed by atoms with E-state index < -0.39 is 0 Å². The van der Waals surface area contributed by atoms with Gasteiger partial charge < -0.3 is 15.4 Å². The van der Waals surface area contributed by atoms with E-state index in [2.05, 4.69) is 30.6 Å². The minimum Gasteiger partial charge on any atom is -0.454 e. The van der Waals surface area contributed by atoms with Crippen molar-refractivity contribution in [3.05, 3.63) is 58.6 Å². The molecule has 2 aromatic carbocycles. The Balaban J connectivity index is 1.74. The number of hydrogen-bond donors (Lipinski definition) is 2. The Hall–Kier alpha value is -2.55. The summed E-state index contributed by atoms with van der Waals surface area (Å²) in [6, 6.07) is 14.0. The Bertz CT molecular complexity index is 889. The third-order valence-corrected chi connectivity index (χ3v) is 5.16. The predicted octanol–water partition coefficient (Wildman–Crippen LogP) is 4.12. The highest BCUT2D eigenvalue weighted by molar-refractivity contribution is 6.32. The van der Waals surface area contributed by atoms with Gasteiger partial charge in [0.2, 0.25) is 0 Å². The highest BCUT2D eigenvalue weighted by Crippen LogP contribution is 2.32. The van der Waals surface area contributed by atoms with E-state index >= 15 is 0 Å². The molecular formula is C21H22ClN3O2. The topological polar surface area (TPSA) is 74.2 Å². The summed E-state index contributed by atoms with van der Waals surface area (Å²) in [7, 11) is 0. The maximum atomic E-state index is 12.6. The molecule has 3 rings (SSSR count). The Labute approximate surface area is 164 Å². The van der Waals surface area contributed by atoms with E-state index in [1.165, 1.54) is 0 Å². The van der Waals surface area contributed by atoms with Crippen LogP contribution in [-0.4, -0.2) is 25.0 Å². The van der Waals surface area contributed by atoms with Gasteiger partial charge in [-0.25, -0.2) is 0 Å². The van der Waals surface area contributed by atoms with Crippen LogP contribution in [0, 0.1) is 16.7 Å². The van der Waals surface area contributed by atoms with Crippen molar-refractivity contribution in [2.45, 2.75) is 26.3 Å². The molecule has 1 atom stereocenters. The number of carbonyl (C=O) groups excluding carboxylic acids is 1. The molecule has 0 saturated carbocycles. The highest BCUT2D eigenvalue weighted by Gasteiger charge is 2.33. The van der Waals surface area contributed by atoms with Crippen LogP contribution in [-0.2, 0) is 0 Å². The zero-order chi connectivity index (χ0) is 19.4. The summed E-state index contributed by atoms with van der Waals surface area (Å²) >= 11 is 6.32. The molecule has 2 N–H and O–H groups in total. The molecule has 0 bridgehead atoms. The normalized spacial score (nSPS) is 18.4. The maximum Gasteiger partial charge on any atom is 0.251 e. The lowest BCUT2D eigenvalue weighted by molar-refractivity contribution is 0.0868. The van der Waals surface area contributed by atoms with Gasteiger partial charge in [0.1, 0.15) is 17.6 Å². The van der Waals surface area contributed by atoms with E-state index in [4.69, 9.17) is 21.6 Å². The molecule has 0 aliphatic carbocycles. The second-order valence-electron chi connectivity index (χ2n) is 7.34. The van der Waals surface area contributed by atoms with E-state index in [0.29, 0.717) is 27.6 Å². The highest BCUT2D eigenvalue weighted by atomic mass is 35.5. The van der Waals surface area contributed by atoms with Crippen LogP contribution < -0.4 is 15.4 Å². The lowest BCUT2D eigenvalue weighted by Gasteiger charge is -2.39. The van der Waals surface area contributed by atoms with Gasteiger partial charge >= 0.3 is 0 Å². The second kappa shape index (κ2) is 7.99. The molecule has 0 radical (unpaired) electrons. The van der Waals surface area contributed by atoms with Crippen molar-refractivity contribution in [3.63, 3.8) is 0 Å². The molecule has 1 amide bonds. The number of halogens is 1. The molecule has 27 heavy (non-hydrogen) atoms. The quantitative estimate of drug-likeness (QED) is 0.832. The molecule has 140 valence electrons. The van der Waals surface area contributed by atoms with E-state index in [9.17, 15) is 4.79 Å². The largest absolute Gasteiger partial charge is 0.454 e. The molecule has 1 fully saturated rings. The Morgan fingerprint density at radius 2 is 2.07 bits per heavy atom. The Morgan fingerprint density at radius 1 is 1.30 bits per heavy atom. The molecule has 0 aromatic heterocycles. The summed E-state index contributed by atoms with van der Waals surface area (Å²) in [6.07, 6.45) is 0.888. The molecule has 1 unspecified atom stereocenters. The fourth-order valence-electron chi connectivity index (χ4n) is 3.17. The van der Waals surface area contributed by atoms with Crippen LogP contribution in [0.5, 0.6) is 11.5 Å². The first-order valence-corrected chi connectivity index (χ1v) is 9.26. The molecular weight excluding hydrogens is 362 g/mol. The van der Waals surface area contributed by atoms with Crippen molar-refractivity contribution in [2.24, 2.45) is 5.41 Å². The number of hydrogen-bond acceptors (Lipinski definition) is 4. The van der Waals surface area contributed by atoms with Gasteiger partial charge in [-0.15, -0.1) is 0 Å². The SMILES string of the molecule is CC1(C)CNCCC1NC(=O)c1ccc(Oc2ccccc2C#N)c(Cl)c1. The van der Waals surface area contributed by atoms with Gasteiger partial charge in [0.25, 0.3) is 5.91 Å². The molecule has 0 spiro atoms. The standard InChI is InChI=1S/C21H22ClN3O2/c1-21(2)13-24-10-9-19(21)25-20(26)14-7-8-18(16(22)11-14)27-17-6-4-3-5-15(17)12-23/h3-8,11,19,24H,9-10,13H2,1-2H3,(H,25,26). The lowest BCUT2D eigenvalue weighted by Crippen LogP contribution is -2.54. The number of amides is 1. The van der Waals surface area contributed by atoms with Gasteiger partial charge in [0, 0.05) is 18.2 Å². The van der Waals surface area contributed by atoms with E-state index in [1.807, 2.05) is 0 Å². The van der Waals surface area contributed by atoms with Crippen molar-refractivity contribution >= 4 is 17.5 Å². The summed E-state index contributed by atoms with van der Waals surface area (Å²) in [6.45, 7) is 6.03. The van der Waals surface area contributed by atoms with Gasteiger partial charge in [-0.2, -0.15) is 5.26 Å². The molecule has 2 aromatic rings. The van der Waals surface area contributed by atoms with Gasteiger partial charge in [-0.3, -0.25) is 4.79 Å². The average molecular weight is 384 g/mol. The van der Waals surface area contributed by atoms with Crippen LogP contribution in [0.15, 0.2) is 42.5 Å². The first-order chi connectivity index (χ1) is 12.9. The van der Waals surface area contributed by atoms with Gasteiger partial charge in [0.15, 0.2) is 0 Å². The van der Waals surface area contributed by atoms with E-state index in [-0.39, 0.29) is 17.4 Å². The molecule has 1 aliphatic heterocycles. The molecule has 6 heteroatoms. The van der Waals surface area contributed by atoms with Crippen molar-refractivity contribution in [1.82, 2.24) is 10.6 Å². The van der Waals surface area contributed by atoms with Gasteiger partial charge in [-0.05, 0) is 48.7 Å². The number of nitrogens with zero attached hydrogens (tertiary/aromatic N) is 1. The van der Waals surface area contributed by atoms with Crippen molar-refractivity contribution in [2.75, 3.05) is 13.1 Å². The van der Waals surface area contributed by atoms with Crippen LogP contribution in [0.4, 0.5) is 0 Å². The summed E-state index contributed by atoms with van der Waals surface area (Å²) in [5.41, 5.74) is 0.890. The minimum absolute atomic E-state index is 0.0121. The lowest BCUT2D eigenvalue weighted by atomic mass is 9.80. The van der Waals surface area contributed by atoms with Crippen molar-refractivity contribution in [1.29, 1.82) is 5.26 Å². The number of carbonyl (C=O) groups is 1. The third kappa shape index (κ3) is 4.41. The van der Waals surface area contributed by atoms with Crippen LogP contribution in [0.2, 0.25) is 5.02 Å². The number of nitriles is 1. The summed E-state index contributed by atoms with van der Waals surface area (Å²) in [5.74, 6) is 0.675. The Kier molecular flexibility index (Phi) is 5.69. The Morgan fingerprint density at radius 3 is 2.78 bits per heavy atom. The fraction of sp³-hybridized carbons (Fsp3) is 0.333. The molecule has 1 saturated heterocycles. The number of nitrogens with one attached hydrogen (secondary N) is 2. The zero-order valence-corrected chi connectivity index (χ0v) is 16.1. The van der Waals surface area contributed by atoms with Crippen molar-refractivity contribution in [3.8, 4) is 17.6 Å². The number of rotatable bonds is 4. The number of ether oxygens (including phenoxy) is 1. The zero-order valence-electron chi connectivity index (χ0n) is 15.4. The first kappa shape index (κ1) is 19.2. The van der Waals surface area contributed by atoms with E-state index in [1.54, 1.807) is 42.5 Å². The van der Waals surface area contributed by atoms with Crippen LogP contribution >= 0.6 is 11.6 Å². The fourth-order valence-corrected chi connectivity index (χ4v) is 3.39. The maximum absolute atomic E-state index is 12.6. The molecule has 1 aliphatic rings. The smallest absolute Gasteiger partial charge is 0.251 e. The van der Waals surface area contributed by atoms with Crippen LogP contribution in [0.25, 0.3) is 0 Å². The predicted molar refractivity (Wildman–Crippen MR) is 105 cm³/mol. The van der Waals surface area contributed by atoms with Crippen LogP contribution in [0.1, 0.15) is 36.2 Å². The second-order valence-corrected chi connectivity index (χ2v) is 7.74. The monoisotopic (exact) mass is 383 g/mol. The summed E-state index contributed by atoms with van der Waals surface area (Å²) < 4.78 is 5.75. The van der Waals surface area contributed by atoms with E-state index in [0.717, 1.165) is 19.5 Å². The summed E-state index contributed by atoms with van der Waals surface area (Å²) in [4.78, 5) is 12.6. The van der Waals surface area contributed by atoms with Crippen molar-refractivity contribution < 1.29 is 9.53 Å². The average Bonchev–Trinajstić information content (AvgIpc) is 2.65. The van der Waals surface area contributed by atoms with Gasteiger partial charge in [-0.1, -0.05) is 37.6 Å². The molecule has 1 heterocycles.